The Kier molecular flexibility index (Phi) is 7.69. The lowest BCUT2D eigenvalue weighted by Crippen LogP contribution is -2.37. The molecule has 1 aromatic carbocycles. The maximum absolute atomic E-state index is 5.99. The molecule has 1 aromatic rings. The van der Waals surface area contributed by atoms with Crippen LogP contribution in [-0.2, 0) is 9.47 Å². The van der Waals surface area contributed by atoms with E-state index in [9.17, 15) is 0 Å². The van der Waals surface area contributed by atoms with Crippen molar-refractivity contribution >= 4 is 5.96 Å². The Morgan fingerprint density at radius 2 is 2.17 bits per heavy atom. The average Bonchev–Trinajstić information content (AvgIpc) is 2.57. The Hall–Kier alpha value is -1.79. The van der Waals surface area contributed by atoms with Gasteiger partial charge in [-0.1, -0.05) is 18.2 Å². The van der Waals surface area contributed by atoms with Crippen LogP contribution in [0.1, 0.15) is 30.9 Å². The second-order valence-corrected chi connectivity index (χ2v) is 5.45. The topological polar surface area (TPSA) is 78.1 Å². The Morgan fingerprint density at radius 1 is 1.30 bits per heavy atom. The van der Waals surface area contributed by atoms with Gasteiger partial charge in [-0.2, -0.15) is 0 Å². The van der Waals surface area contributed by atoms with Gasteiger partial charge in [0, 0.05) is 32.2 Å². The first-order valence-electron chi connectivity index (χ1n) is 8.16. The van der Waals surface area contributed by atoms with Crippen molar-refractivity contribution in [3.05, 3.63) is 29.8 Å². The molecule has 0 radical (unpaired) electrons. The van der Waals surface area contributed by atoms with Gasteiger partial charge in [0.2, 0.25) is 0 Å². The molecular formula is C17H27N3O3. The smallest absolute Gasteiger partial charge is 0.189 e. The minimum absolute atomic E-state index is 0.168. The summed E-state index contributed by atoms with van der Waals surface area (Å²) in [5.74, 6) is 1.42. The van der Waals surface area contributed by atoms with Crippen LogP contribution in [0.5, 0.6) is 5.75 Å². The molecule has 0 bridgehead atoms. The first kappa shape index (κ1) is 17.6. The Balaban J connectivity index is 1.67. The summed E-state index contributed by atoms with van der Waals surface area (Å²) < 4.78 is 16.0. The van der Waals surface area contributed by atoms with Crippen molar-refractivity contribution in [1.29, 1.82) is 0 Å². The molecule has 1 unspecified atom stereocenters. The van der Waals surface area contributed by atoms with Gasteiger partial charge >= 0.3 is 0 Å². The van der Waals surface area contributed by atoms with Crippen molar-refractivity contribution in [2.45, 2.75) is 25.3 Å². The average molecular weight is 321 g/mol. The van der Waals surface area contributed by atoms with Gasteiger partial charge in [0.25, 0.3) is 0 Å². The second kappa shape index (κ2) is 10.1. The molecule has 1 aliphatic heterocycles. The second-order valence-electron chi connectivity index (χ2n) is 5.45. The third-order valence-corrected chi connectivity index (χ3v) is 3.69. The molecule has 128 valence electrons. The van der Waals surface area contributed by atoms with E-state index in [1.54, 1.807) is 7.11 Å². The minimum Gasteiger partial charge on any atom is -0.493 e. The van der Waals surface area contributed by atoms with Crippen LogP contribution < -0.4 is 15.8 Å². The summed E-state index contributed by atoms with van der Waals surface area (Å²) in [6, 6.07) is 8.21. The van der Waals surface area contributed by atoms with Crippen molar-refractivity contribution < 1.29 is 14.2 Å². The maximum atomic E-state index is 5.99. The van der Waals surface area contributed by atoms with Crippen LogP contribution in [0, 0.1) is 0 Å². The molecule has 1 aliphatic rings. The largest absolute Gasteiger partial charge is 0.493 e. The highest BCUT2D eigenvalue weighted by Gasteiger charge is 2.20. The minimum atomic E-state index is 0.168. The number of para-hydroxylation sites is 1. The number of nitrogens with two attached hydrogens (primary N) is 1. The number of nitrogens with one attached hydrogen (secondary N) is 1. The standard InChI is InChI=1S/C17H27N3O3/c1-21-12-13-22-10-5-4-9-19-17(18)20-15-8-11-23-16-7-3-2-6-14(15)16/h2-3,6-7,15H,4-5,8-13H2,1H3,(H3,18,19,20). The zero-order valence-corrected chi connectivity index (χ0v) is 13.8. The van der Waals surface area contributed by atoms with Gasteiger partial charge in [0.1, 0.15) is 5.75 Å². The van der Waals surface area contributed by atoms with E-state index < -0.39 is 0 Å². The summed E-state index contributed by atoms with van der Waals surface area (Å²) in [6.45, 7) is 3.42. The number of ether oxygens (including phenoxy) is 3. The van der Waals surface area contributed by atoms with Crippen LogP contribution in [0.4, 0.5) is 0 Å². The highest BCUT2D eigenvalue weighted by molar-refractivity contribution is 5.78. The van der Waals surface area contributed by atoms with Gasteiger partial charge in [0.05, 0.1) is 25.9 Å². The Labute approximate surface area is 138 Å². The highest BCUT2D eigenvalue weighted by Crippen LogP contribution is 2.31. The molecule has 3 N–H and O–H groups in total. The molecule has 6 heteroatoms. The number of guanidine groups is 1. The van der Waals surface area contributed by atoms with E-state index in [4.69, 9.17) is 19.9 Å². The fraction of sp³-hybridized carbons (Fsp3) is 0.588. The number of nitrogens with zero attached hydrogens (tertiary/aromatic N) is 1. The van der Waals surface area contributed by atoms with Gasteiger partial charge in [0.15, 0.2) is 5.96 Å². The zero-order valence-electron chi connectivity index (χ0n) is 13.8. The third-order valence-electron chi connectivity index (χ3n) is 3.69. The summed E-state index contributed by atoms with van der Waals surface area (Å²) in [5.41, 5.74) is 7.13. The van der Waals surface area contributed by atoms with Crippen LogP contribution in [0.25, 0.3) is 0 Å². The van der Waals surface area contributed by atoms with Gasteiger partial charge in [-0.15, -0.1) is 0 Å². The van der Waals surface area contributed by atoms with E-state index in [1.807, 2.05) is 18.2 Å². The van der Waals surface area contributed by atoms with Gasteiger partial charge in [-0.25, -0.2) is 0 Å². The van der Waals surface area contributed by atoms with Crippen molar-refractivity contribution in [1.82, 2.24) is 5.32 Å². The summed E-state index contributed by atoms with van der Waals surface area (Å²) in [5, 5.41) is 3.29. The van der Waals surface area contributed by atoms with Gasteiger partial charge < -0.3 is 25.3 Å². The third kappa shape index (κ3) is 6.08. The van der Waals surface area contributed by atoms with E-state index in [0.717, 1.165) is 37.2 Å². The van der Waals surface area contributed by atoms with E-state index in [0.29, 0.717) is 32.3 Å². The SMILES string of the molecule is COCCOCCCCN=C(N)NC1CCOc2ccccc21. The number of fused-ring (bicyclic) bond motifs is 1. The number of benzene rings is 1. The first-order chi connectivity index (χ1) is 11.3. The molecule has 1 atom stereocenters. The molecule has 23 heavy (non-hydrogen) atoms. The van der Waals surface area contributed by atoms with Crippen molar-refractivity contribution in [3.8, 4) is 5.75 Å². The highest BCUT2D eigenvalue weighted by atomic mass is 16.5. The monoisotopic (exact) mass is 321 g/mol. The lowest BCUT2D eigenvalue weighted by molar-refractivity contribution is 0.0690. The number of unbranched alkanes of at least 4 members (excludes halogenated alkanes) is 1. The van der Waals surface area contributed by atoms with Crippen molar-refractivity contribution in [2.24, 2.45) is 10.7 Å². The molecule has 6 nitrogen and oxygen atoms in total. The summed E-state index contributed by atoms with van der Waals surface area (Å²) in [4.78, 5) is 4.39. The lowest BCUT2D eigenvalue weighted by Gasteiger charge is -2.26. The fourth-order valence-corrected chi connectivity index (χ4v) is 2.48. The summed E-state index contributed by atoms with van der Waals surface area (Å²) in [6.07, 6.45) is 2.82. The summed E-state index contributed by atoms with van der Waals surface area (Å²) in [7, 11) is 1.67. The first-order valence-corrected chi connectivity index (χ1v) is 8.16. The number of methoxy groups -OCH3 is 1. The predicted octanol–water partition coefficient (Wildman–Crippen LogP) is 1.86. The quantitative estimate of drug-likeness (QED) is 0.412. The normalized spacial score (nSPS) is 17.4. The molecular weight excluding hydrogens is 294 g/mol. The molecule has 0 saturated carbocycles. The van der Waals surface area contributed by atoms with Crippen LogP contribution in [-0.4, -0.2) is 46.0 Å². The van der Waals surface area contributed by atoms with Gasteiger partial charge in [-0.3, -0.25) is 4.99 Å². The number of hydrogen-bond donors (Lipinski definition) is 2. The molecule has 0 aromatic heterocycles. The Bertz CT molecular complexity index is 494. The van der Waals surface area contributed by atoms with Crippen LogP contribution in [0.2, 0.25) is 0 Å². The van der Waals surface area contributed by atoms with Crippen LogP contribution >= 0.6 is 0 Å². The Morgan fingerprint density at radius 3 is 3.04 bits per heavy atom. The number of aliphatic imine (C=N–C) groups is 1. The van der Waals surface area contributed by atoms with Gasteiger partial charge in [-0.05, 0) is 18.9 Å². The molecule has 0 saturated heterocycles. The molecule has 2 rings (SSSR count). The zero-order chi connectivity index (χ0) is 16.3. The molecule has 0 amide bonds. The van der Waals surface area contributed by atoms with E-state index in [2.05, 4.69) is 16.4 Å². The number of hydrogen-bond acceptors (Lipinski definition) is 4. The lowest BCUT2D eigenvalue weighted by atomic mass is 10.0. The van der Waals surface area contributed by atoms with E-state index in [1.165, 1.54) is 0 Å². The van der Waals surface area contributed by atoms with Crippen molar-refractivity contribution in [2.75, 3.05) is 40.1 Å². The molecule has 0 aliphatic carbocycles. The molecule has 1 heterocycles. The van der Waals surface area contributed by atoms with Crippen molar-refractivity contribution in [3.63, 3.8) is 0 Å². The van der Waals surface area contributed by atoms with Crippen LogP contribution in [0.3, 0.4) is 0 Å². The molecule has 0 fully saturated rings. The van der Waals surface area contributed by atoms with E-state index >= 15 is 0 Å². The fourth-order valence-electron chi connectivity index (χ4n) is 2.48. The van der Waals surface area contributed by atoms with Crippen LogP contribution in [0.15, 0.2) is 29.3 Å². The van der Waals surface area contributed by atoms with E-state index in [-0.39, 0.29) is 6.04 Å². The molecule has 0 spiro atoms. The predicted molar refractivity (Wildman–Crippen MR) is 90.8 cm³/mol. The number of rotatable bonds is 9. The summed E-state index contributed by atoms with van der Waals surface area (Å²) >= 11 is 0. The maximum Gasteiger partial charge on any atom is 0.189 e.